The third kappa shape index (κ3) is 5.45. The van der Waals surface area contributed by atoms with E-state index in [0.717, 1.165) is 6.26 Å². The Hall–Kier alpha value is -1.80. The Kier molecular flexibility index (Phi) is 5.78. The fourth-order valence-corrected chi connectivity index (χ4v) is 2.03. The van der Waals surface area contributed by atoms with E-state index >= 15 is 0 Å². The van der Waals surface area contributed by atoms with E-state index in [-0.39, 0.29) is 12.5 Å². The molecule has 8 heteroatoms. The highest BCUT2D eigenvalue weighted by atomic mass is 32.2. The number of anilines is 2. The minimum atomic E-state index is -3.19. The van der Waals surface area contributed by atoms with Gasteiger partial charge in [0, 0.05) is 25.2 Å². The topological polar surface area (TPSA) is 113 Å². The first-order valence-corrected chi connectivity index (χ1v) is 8.09. The van der Waals surface area contributed by atoms with Crippen LogP contribution in [-0.2, 0) is 10.0 Å². The van der Waals surface area contributed by atoms with Gasteiger partial charge in [-0.3, -0.25) is 4.79 Å². The molecule has 0 aliphatic heterocycles. The second-order valence-corrected chi connectivity index (χ2v) is 6.09. The molecule has 0 aromatic heterocycles. The molecule has 0 bridgehead atoms. The monoisotopic (exact) mass is 300 g/mol. The summed E-state index contributed by atoms with van der Waals surface area (Å²) in [7, 11) is -3.19. The van der Waals surface area contributed by atoms with Crippen LogP contribution >= 0.6 is 0 Å². The lowest BCUT2D eigenvalue weighted by molar-refractivity contribution is 0.0956. The maximum absolute atomic E-state index is 11.6. The fourth-order valence-electron chi connectivity index (χ4n) is 1.56. The summed E-state index contributed by atoms with van der Waals surface area (Å²) in [5.41, 5.74) is 7.43. The van der Waals surface area contributed by atoms with E-state index in [0.29, 0.717) is 30.0 Å². The molecule has 112 valence electrons. The molecule has 0 saturated heterocycles. The van der Waals surface area contributed by atoms with Crippen LogP contribution in [0.15, 0.2) is 18.2 Å². The number of rotatable bonds is 7. The van der Waals surface area contributed by atoms with Crippen molar-refractivity contribution in [1.29, 1.82) is 0 Å². The van der Waals surface area contributed by atoms with Gasteiger partial charge in [-0.15, -0.1) is 0 Å². The first-order valence-electron chi connectivity index (χ1n) is 6.19. The van der Waals surface area contributed by atoms with Gasteiger partial charge >= 0.3 is 0 Å². The summed E-state index contributed by atoms with van der Waals surface area (Å²) in [6.07, 6.45) is 1.10. The van der Waals surface area contributed by atoms with Gasteiger partial charge in [-0.1, -0.05) is 0 Å². The van der Waals surface area contributed by atoms with Gasteiger partial charge in [0.1, 0.15) is 0 Å². The number of nitrogens with one attached hydrogen (secondary N) is 3. The standard InChI is InChI=1S/C12H20N4O3S/c1-3-14-12(17)9-4-5-11(10(13)8-9)15-6-7-16-20(2,18)19/h4-5,8,15-16H,3,6-7,13H2,1-2H3,(H,14,17). The summed E-state index contributed by atoms with van der Waals surface area (Å²) >= 11 is 0. The molecule has 7 nitrogen and oxygen atoms in total. The van der Waals surface area contributed by atoms with Crippen LogP contribution in [0.1, 0.15) is 17.3 Å². The fraction of sp³-hybridized carbons (Fsp3) is 0.417. The van der Waals surface area contributed by atoms with E-state index in [1.54, 1.807) is 18.2 Å². The van der Waals surface area contributed by atoms with Crippen molar-refractivity contribution in [2.75, 3.05) is 36.9 Å². The third-order valence-electron chi connectivity index (χ3n) is 2.46. The van der Waals surface area contributed by atoms with E-state index in [4.69, 9.17) is 5.73 Å². The van der Waals surface area contributed by atoms with Crippen LogP contribution in [0.5, 0.6) is 0 Å². The molecule has 0 saturated carbocycles. The van der Waals surface area contributed by atoms with Crippen molar-refractivity contribution in [1.82, 2.24) is 10.0 Å². The number of sulfonamides is 1. The summed E-state index contributed by atoms with van der Waals surface area (Å²) in [6.45, 7) is 3.05. The van der Waals surface area contributed by atoms with Gasteiger partial charge in [0.2, 0.25) is 10.0 Å². The van der Waals surface area contributed by atoms with Gasteiger partial charge in [0.15, 0.2) is 0 Å². The quantitative estimate of drug-likeness (QED) is 0.417. The smallest absolute Gasteiger partial charge is 0.251 e. The lowest BCUT2D eigenvalue weighted by atomic mass is 10.1. The van der Waals surface area contributed by atoms with Crippen LogP contribution in [0.4, 0.5) is 11.4 Å². The van der Waals surface area contributed by atoms with Crippen molar-refractivity contribution in [2.45, 2.75) is 6.92 Å². The summed E-state index contributed by atoms with van der Waals surface area (Å²) < 4.78 is 24.1. The number of benzene rings is 1. The van der Waals surface area contributed by atoms with Gasteiger partial charge in [-0.25, -0.2) is 13.1 Å². The zero-order chi connectivity index (χ0) is 15.2. The highest BCUT2D eigenvalue weighted by molar-refractivity contribution is 7.88. The van der Waals surface area contributed by atoms with Crippen molar-refractivity contribution >= 4 is 27.3 Å². The summed E-state index contributed by atoms with van der Waals surface area (Å²) in [6, 6.07) is 4.94. The average molecular weight is 300 g/mol. The molecule has 1 amide bonds. The predicted octanol–water partition coefficient (Wildman–Crippen LogP) is -0.0204. The summed E-state index contributed by atoms with van der Waals surface area (Å²) in [4.78, 5) is 11.6. The first-order chi connectivity index (χ1) is 9.33. The molecule has 0 unspecified atom stereocenters. The zero-order valence-corrected chi connectivity index (χ0v) is 12.4. The molecule has 0 spiro atoms. The molecule has 20 heavy (non-hydrogen) atoms. The minimum Gasteiger partial charge on any atom is -0.397 e. The molecule has 1 rings (SSSR count). The van der Waals surface area contributed by atoms with Crippen molar-refractivity contribution in [2.24, 2.45) is 0 Å². The molecular formula is C12H20N4O3S. The van der Waals surface area contributed by atoms with Crippen LogP contribution < -0.4 is 21.1 Å². The normalized spacial score (nSPS) is 11.1. The highest BCUT2D eigenvalue weighted by Crippen LogP contribution is 2.19. The maximum atomic E-state index is 11.6. The molecule has 5 N–H and O–H groups in total. The van der Waals surface area contributed by atoms with Crippen molar-refractivity contribution in [3.05, 3.63) is 23.8 Å². The number of hydrogen-bond acceptors (Lipinski definition) is 5. The Labute approximate surface area is 119 Å². The number of amides is 1. The van der Waals surface area contributed by atoms with Gasteiger partial charge in [-0.05, 0) is 25.1 Å². The number of carbonyl (C=O) groups excluding carboxylic acids is 1. The molecule has 0 fully saturated rings. The second-order valence-electron chi connectivity index (χ2n) is 4.25. The molecule has 1 aromatic rings. The van der Waals surface area contributed by atoms with Crippen LogP contribution in [0.3, 0.4) is 0 Å². The predicted molar refractivity (Wildman–Crippen MR) is 80.2 cm³/mol. The van der Waals surface area contributed by atoms with Gasteiger partial charge < -0.3 is 16.4 Å². The number of carbonyl (C=O) groups is 1. The van der Waals surface area contributed by atoms with Crippen molar-refractivity contribution < 1.29 is 13.2 Å². The van der Waals surface area contributed by atoms with Crippen molar-refractivity contribution in [3.63, 3.8) is 0 Å². The lowest BCUT2D eigenvalue weighted by Crippen LogP contribution is -2.27. The van der Waals surface area contributed by atoms with E-state index < -0.39 is 10.0 Å². The van der Waals surface area contributed by atoms with E-state index in [1.807, 2.05) is 6.92 Å². The van der Waals surface area contributed by atoms with Crippen molar-refractivity contribution in [3.8, 4) is 0 Å². The number of hydrogen-bond donors (Lipinski definition) is 4. The molecule has 0 aliphatic carbocycles. The van der Waals surface area contributed by atoms with Gasteiger partial charge in [0.05, 0.1) is 17.6 Å². The Bertz CT molecular complexity index is 572. The second kappa shape index (κ2) is 7.11. The van der Waals surface area contributed by atoms with Crippen LogP contribution in [0.25, 0.3) is 0 Å². The van der Waals surface area contributed by atoms with Crippen LogP contribution in [-0.4, -0.2) is 40.2 Å². The molecule has 0 heterocycles. The Balaban J connectivity index is 2.58. The zero-order valence-electron chi connectivity index (χ0n) is 11.6. The average Bonchev–Trinajstić information content (AvgIpc) is 2.35. The van der Waals surface area contributed by atoms with Crippen LogP contribution in [0, 0.1) is 0 Å². The molecular weight excluding hydrogens is 280 g/mol. The molecule has 0 atom stereocenters. The molecule has 0 radical (unpaired) electrons. The molecule has 1 aromatic carbocycles. The SMILES string of the molecule is CCNC(=O)c1ccc(NCCNS(C)(=O)=O)c(N)c1. The molecule has 0 aliphatic rings. The Morgan fingerprint density at radius 3 is 2.55 bits per heavy atom. The Morgan fingerprint density at radius 1 is 1.30 bits per heavy atom. The Morgan fingerprint density at radius 2 is 2.00 bits per heavy atom. The lowest BCUT2D eigenvalue weighted by Gasteiger charge is -2.11. The van der Waals surface area contributed by atoms with Crippen LogP contribution in [0.2, 0.25) is 0 Å². The highest BCUT2D eigenvalue weighted by Gasteiger charge is 2.07. The first kappa shape index (κ1) is 16.3. The number of nitrogen functional groups attached to an aromatic ring is 1. The van der Waals surface area contributed by atoms with Gasteiger partial charge in [-0.2, -0.15) is 0 Å². The van der Waals surface area contributed by atoms with E-state index in [9.17, 15) is 13.2 Å². The third-order valence-corrected chi connectivity index (χ3v) is 3.18. The summed E-state index contributed by atoms with van der Waals surface area (Å²) in [5, 5.41) is 5.69. The summed E-state index contributed by atoms with van der Waals surface area (Å²) in [5.74, 6) is -0.176. The maximum Gasteiger partial charge on any atom is 0.251 e. The van der Waals surface area contributed by atoms with E-state index in [1.165, 1.54) is 0 Å². The largest absolute Gasteiger partial charge is 0.397 e. The minimum absolute atomic E-state index is 0.176. The van der Waals surface area contributed by atoms with Gasteiger partial charge in [0.25, 0.3) is 5.91 Å². The number of nitrogens with two attached hydrogens (primary N) is 1. The van der Waals surface area contributed by atoms with E-state index in [2.05, 4.69) is 15.4 Å².